The van der Waals surface area contributed by atoms with Gasteiger partial charge in [0.05, 0.1) is 5.69 Å². The highest BCUT2D eigenvalue weighted by Gasteiger charge is 2.33. The Kier molecular flexibility index (Phi) is 4.57. The van der Waals surface area contributed by atoms with E-state index in [0.717, 1.165) is 19.5 Å². The molecule has 106 valence electrons. The smallest absolute Gasteiger partial charge is 0.404 e. The number of nitrogens with zero attached hydrogens (tertiary/aromatic N) is 1. The SMILES string of the molecule is FC(F)(F)Oc1cc(Br)ccc1N1CCCNCC1. The first kappa shape index (κ1) is 14.5. The van der Waals surface area contributed by atoms with E-state index in [0.29, 0.717) is 23.2 Å². The monoisotopic (exact) mass is 338 g/mol. The van der Waals surface area contributed by atoms with Gasteiger partial charge in [0.25, 0.3) is 0 Å². The molecule has 0 saturated carbocycles. The third-order valence-electron chi connectivity index (χ3n) is 2.83. The van der Waals surface area contributed by atoms with Gasteiger partial charge < -0.3 is 15.0 Å². The Morgan fingerprint density at radius 1 is 1.21 bits per heavy atom. The first-order valence-corrected chi connectivity index (χ1v) is 6.76. The molecule has 1 heterocycles. The second kappa shape index (κ2) is 6.00. The Balaban J connectivity index is 2.27. The maximum atomic E-state index is 12.4. The average Bonchev–Trinajstić information content (AvgIpc) is 2.55. The first-order valence-electron chi connectivity index (χ1n) is 5.97. The first-order chi connectivity index (χ1) is 8.96. The Labute approximate surface area is 117 Å². The molecule has 0 amide bonds. The average molecular weight is 339 g/mol. The number of alkyl halides is 3. The van der Waals surface area contributed by atoms with Crippen LogP contribution in [0.1, 0.15) is 6.42 Å². The van der Waals surface area contributed by atoms with Crippen LogP contribution in [0.4, 0.5) is 18.9 Å². The molecule has 3 nitrogen and oxygen atoms in total. The molecule has 0 radical (unpaired) electrons. The number of hydrogen-bond donors (Lipinski definition) is 1. The summed E-state index contributed by atoms with van der Waals surface area (Å²) in [4.78, 5) is 1.91. The third-order valence-corrected chi connectivity index (χ3v) is 3.32. The highest BCUT2D eigenvalue weighted by Crippen LogP contribution is 2.35. The Hall–Kier alpha value is -0.950. The zero-order chi connectivity index (χ0) is 13.9. The molecular weight excluding hydrogens is 325 g/mol. The lowest BCUT2D eigenvalue weighted by Crippen LogP contribution is -2.29. The quantitative estimate of drug-likeness (QED) is 0.896. The zero-order valence-corrected chi connectivity index (χ0v) is 11.7. The van der Waals surface area contributed by atoms with Crippen LogP contribution in [0.3, 0.4) is 0 Å². The van der Waals surface area contributed by atoms with Crippen LogP contribution in [0.25, 0.3) is 0 Å². The Morgan fingerprint density at radius 3 is 2.74 bits per heavy atom. The number of halogens is 4. The van der Waals surface area contributed by atoms with E-state index in [1.807, 2.05) is 4.90 Å². The van der Waals surface area contributed by atoms with E-state index in [9.17, 15) is 13.2 Å². The van der Waals surface area contributed by atoms with Crippen molar-refractivity contribution in [1.82, 2.24) is 5.32 Å². The van der Waals surface area contributed by atoms with Crippen molar-refractivity contribution in [3.8, 4) is 5.75 Å². The van der Waals surface area contributed by atoms with Gasteiger partial charge in [0.15, 0.2) is 5.75 Å². The van der Waals surface area contributed by atoms with E-state index >= 15 is 0 Å². The summed E-state index contributed by atoms with van der Waals surface area (Å²) in [6.45, 7) is 3.00. The number of benzene rings is 1. The predicted molar refractivity (Wildman–Crippen MR) is 70.5 cm³/mol. The molecule has 1 aromatic carbocycles. The van der Waals surface area contributed by atoms with Crippen molar-refractivity contribution in [2.24, 2.45) is 0 Å². The molecule has 0 atom stereocenters. The number of rotatable bonds is 2. The van der Waals surface area contributed by atoms with E-state index in [1.54, 1.807) is 12.1 Å². The minimum Gasteiger partial charge on any atom is -0.404 e. The maximum absolute atomic E-state index is 12.4. The standard InChI is InChI=1S/C12H14BrF3N2O/c13-9-2-3-10(11(8-9)19-12(14,15)16)18-6-1-4-17-5-7-18/h2-3,8,17H,1,4-7H2. The van der Waals surface area contributed by atoms with Gasteiger partial charge in [-0.05, 0) is 31.2 Å². The highest BCUT2D eigenvalue weighted by atomic mass is 79.9. The molecule has 0 bridgehead atoms. The minimum atomic E-state index is -4.68. The second-order valence-corrected chi connectivity index (χ2v) is 5.17. The van der Waals surface area contributed by atoms with Crippen LogP contribution in [0, 0.1) is 0 Å². The molecule has 0 spiro atoms. The largest absolute Gasteiger partial charge is 0.573 e. The maximum Gasteiger partial charge on any atom is 0.573 e. The van der Waals surface area contributed by atoms with Crippen molar-refractivity contribution in [3.05, 3.63) is 22.7 Å². The summed E-state index contributed by atoms with van der Waals surface area (Å²) in [5, 5.41) is 3.21. The van der Waals surface area contributed by atoms with Crippen molar-refractivity contribution >= 4 is 21.6 Å². The van der Waals surface area contributed by atoms with E-state index in [4.69, 9.17) is 0 Å². The van der Waals surface area contributed by atoms with Crippen molar-refractivity contribution in [2.45, 2.75) is 12.8 Å². The van der Waals surface area contributed by atoms with E-state index in [1.165, 1.54) is 6.07 Å². The predicted octanol–water partition coefficient (Wildman–Crippen LogP) is 3.15. The summed E-state index contributed by atoms with van der Waals surface area (Å²) in [5.41, 5.74) is 0.476. The van der Waals surface area contributed by atoms with E-state index < -0.39 is 6.36 Å². The van der Waals surface area contributed by atoms with Crippen molar-refractivity contribution in [2.75, 3.05) is 31.1 Å². The molecule has 1 fully saturated rings. The molecule has 19 heavy (non-hydrogen) atoms. The van der Waals surface area contributed by atoms with Crippen LogP contribution >= 0.6 is 15.9 Å². The lowest BCUT2D eigenvalue weighted by atomic mass is 10.2. The van der Waals surface area contributed by atoms with Crippen LogP contribution < -0.4 is 15.0 Å². The lowest BCUT2D eigenvalue weighted by molar-refractivity contribution is -0.274. The van der Waals surface area contributed by atoms with Crippen molar-refractivity contribution in [3.63, 3.8) is 0 Å². The molecule has 0 aromatic heterocycles. The summed E-state index contributed by atoms with van der Waals surface area (Å²) in [6, 6.07) is 4.72. The van der Waals surface area contributed by atoms with Gasteiger partial charge in [0.2, 0.25) is 0 Å². The fraction of sp³-hybridized carbons (Fsp3) is 0.500. The van der Waals surface area contributed by atoms with Gasteiger partial charge >= 0.3 is 6.36 Å². The molecule has 2 rings (SSSR count). The molecule has 1 saturated heterocycles. The van der Waals surface area contributed by atoms with Crippen LogP contribution in [-0.4, -0.2) is 32.5 Å². The second-order valence-electron chi connectivity index (χ2n) is 4.25. The summed E-state index contributed by atoms with van der Waals surface area (Å²) in [5.74, 6) is -0.163. The lowest BCUT2D eigenvalue weighted by Gasteiger charge is -2.25. The van der Waals surface area contributed by atoms with Crippen LogP contribution in [0.5, 0.6) is 5.75 Å². The normalized spacial score (nSPS) is 17.2. The number of nitrogens with one attached hydrogen (secondary N) is 1. The number of anilines is 1. The van der Waals surface area contributed by atoms with Crippen LogP contribution in [0.15, 0.2) is 22.7 Å². The molecule has 1 aliphatic heterocycles. The molecule has 1 aromatic rings. The summed E-state index contributed by atoms with van der Waals surface area (Å²) in [7, 11) is 0. The van der Waals surface area contributed by atoms with E-state index in [-0.39, 0.29) is 5.75 Å². The Bertz CT molecular complexity index is 431. The highest BCUT2D eigenvalue weighted by molar-refractivity contribution is 9.10. The molecule has 0 aliphatic carbocycles. The summed E-state index contributed by atoms with van der Waals surface area (Å²) in [6.07, 6.45) is -3.79. The number of ether oxygens (including phenoxy) is 1. The van der Waals surface area contributed by atoms with Crippen LogP contribution in [-0.2, 0) is 0 Å². The van der Waals surface area contributed by atoms with Gasteiger partial charge in [-0.3, -0.25) is 0 Å². The molecular formula is C12H14BrF3N2O. The van der Waals surface area contributed by atoms with E-state index in [2.05, 4.69) is 26.0 Å². The van der Waals surface area contributed by atoms with Crippen molar-refractivity contribution in [1.29, 1.82) is 0 Å². The zero-order valence-electron chi connectivity index (χ0n) is 10.1. The van der Waals surface area contributed by atoms with Gasteiger partial charge in [-0.1, -0.05) is 15.9 Å². The summed E-state index contributed by atoms with van der Waals surface area (Å²) < 4.78 is 42.0. The molecule has 1 N–H and O–H groups in total. The van der Waals surface area contributed by atoms with Crippen LogP contribution in [0.2, 0.25) is 0 Å². The molecule has 1 aliphatic rings. The van der Waals surface area contributed by atoms with Gasteiger partial charge in [-0.25, -0.2) is 0 Å². The van der Waals surface area contributed by atoms with Gasteiger partial charge in [0.1, 0.15) is 0 Å². The molecule has 0 unspecified atom stereocenters. The topological polar surface area (TPSA) is 24.5 Å². The fourth-order valence-electron chi connectivity index (χ4n) is 2.04. The van der Waals surface area contributed by atoms with Crippen molar-refractivity contribution < 1.29 is 17.9 Å². The third kappa shape index (κ3) is 4.28. The number of hydrogen-bond acceptors (Lipinski definition) is 3. The fourth-order valence-corrected chi connectivity index (χ4v) is 2.38. The van der Waals surface area contributed by atoms with Gasteiger partial charge in [-0.15, -0.1) is 13.2 Å². The van der Waals surface area contributed by atoms with Gasteiger partial charge in [-0.2, -0.15) is 0 Å². The van der Waals surface area contributed by atoms with Gasteiger partial charge in [0, 0.05) is 24.1 Å². The Morgan fingerprint density at radius 2 is 2.00 bits per heavy atom. The summed E-state index contributed by atoms with van der Waals surface area (Å²) >= 11 is 3.17. The molecule has 7 heteroatoms. The minimum absolute atomic E-state index is 0.163.